The first kappa shape index (κ1) is 18.4. The molecule has 0 radical (unpaired) electrons. The first-order chi connectivity index (χ1) is 12.4. The maximum Gasteiger partial charge on any atom is 0.254 e. The number of hydrogen-bond acceptors (Lipinski definition) is 4. The van der Waals surface area contributed by atoms with E-state index in [-0.39, 0.29) is 30.0 Å². The van der Waals surface area contributed by atoms with E-state index in [0.717, 1.165) is 5.56 Å². The summed E-state index contributed by atoms with van der Waals surface area (Å²) < 4.78 is 42.1. The molecule has 0 spiro atoms. The van der Waals surface area contributed by atoms with E-state index in [0.29, 0.717) is 17.7 Å². The highest BCUT2D eigenvalue weighted by atomic mass is 32.2. The molecule has 1 aliphatic heterocycles. The third kappa shape index (κ3) is 4.22. The number of benzene rings is 2. The maximum absolute atomic E-state index is 13.2. The van der Waals surface area contributed by atoms with Gasteiger partial charge in [0.15, 0.2) is 9.84 Å². The molecule has 1 unspecified atom stereocenters. The highest BCUT2D eigenvalue weighted by Crippen LogP contribution is 2.23. The van der Waals surface area contributed by atoms with Crippen molar-refractivity contribution in [3.63, 3.8) is 0 Å². The Balaban J connectivity index is 1.88. The number of methoxy groups -OCH3 is 1. The van der Waals surface area contributed by atoms with Crippen LogP contribution in [0, 0.1) is 5.82 Å². The summed E-state index contributed by atoms with van der Waals surface area (Å²) in [6.07, 6.45) is 0.408. The lowest BCUT2D eigenvalue weighted by Crippen LogP contribution is -2.40. The van der Waals surface area contributed by atoms with Crippen LogP contribution in [-0.4, -0.2) is 43.9 Å². The average Bonchev–Trinajstić information content (AvgIpc) is 3.00. The molecule has 1 saturated heterocycles. The van der Waals surface area contributed by atoms with E-state index < -0.39 is 15.7 Å². The van der Waals surface area contributed by atoms with Crippen LogP contribution >= 0.6 is 0 Å². The molecule has 1 amide bonds. The fraction of sp³-hybridized carbons (Fsp3) is 0.316. The zero-order chi connectivity index (χ0) is 18.7. The van der Waals surface area contributed by atoms with Gasteiger partial charge in [-0.05, 0) is 48.4 Å². The number of carbonyl (C=O) groups is 1. The van der Waals surface area contributed by atoms with Crippen LogP contribution < -0.4 is 4.74 Å². The van der Waals surface area contributed by atoms with Crippen molar-refractivity contribution < 1.29 is 22.3 Å². The summed E-state index contributed by atoms with van der Waals surface area (Å²) in [6, 6.07) is 12.2. The van der Waals surface area contributed by atoms with E-state index in [1.165, 1.54) is 24.3 Å². The van der Waals surface area contributed by atoms with Crippen LogP contribution in [0.3, 0.4) is 0 Å². The molecule has 0 aliphatic carbocycles. The minimum Gasteiger partial charge on any atom is -0.497 e. The van der Waals surface area contributed by atoms with Crippen molar-refractivity contribution in [2.45, 2.75) is 19.0 Å². The maximum atomic E-state index is 13.2. The first-order valence-electron chi connectivity index (χ1n) is 8.28. The Morgan fingerprint density at radius 2 is 1.81 bits per heavy atom. The van der Waals surface area contributed by atoms with Crippen LogP contribution in [0.4, 0.5) is 4.39 Å². The molecule has 0 aromatic heterocycles. The van der Waals surface area contributed by atoms with Gasteiger partial charge < -0.3 is 9.64 Å². The molecule has 3 rings (SSSR count). The lowest BCUT2D eigenvalue weighted by atomic mass is 10.1. The Kier molecular flexibility index (Phi) is 5.27. The third-order valence-electron chi connectivity index (χ3n) is 4.51. The second-order valence-electron chi connectivity index (χ2n) is 6.34. The van der Waals surface area contributed by atoms with Crippen LogP contribution in [0.25, 0.3) is 0 Å². The van der Waals surface area contributed by atoms with E-state index in [1.54, 1.807) is 24.1 Å². The van der Waals surface area contributed by atoms with Gasteiger partial charge in [0, 0.05) is 18.2 Å². The van der Waals surface area contributed by atoms with Gasteiger partial charge in [-0.2, -0.15) is 0 Å². The van der Waals surface area contributed by atoms with Crippen molar-refractivity contribution in [1.82, 2.24) is 4.90 Å². The second kappa shape index (κ2) is 7.45. The van der Waals surface area contributed by atoms with Crippen molar-refractivity contribution in [3.05, 3.63) is 65.5 Å². The zero-order valence-corrected chi connectivity index (χ0v) is 15.2. The van der Waals surface area contributed by atoms with Crippen LogP contribution in [0.1, 0.15) is 22.3 Å². The second-order valence-corrected chi connectivity index (χ2v) is 8.57. The third-order valence-corrected chi connectivity index (χ3v) is 6.26. The SMILES string of the molecule is COc1ccc(CN(C(=O)c2ccc(F)cc2)C2CCS(=O)(=O)C2)cc1. The molecule has 138 valence electrons. The molecule has 5 nitrogen and oxygen atoms in total. The molecular weight excluding hydrogens is 357 g/mol. The Morgan fingerprint density at radius 3 is 2.35 bits per heavy atom. The molecule has 0 saturated carbocycles. The fourth-order valence-electron chi connectivity index (χ4n) is 3.07. The van der Waals surface area contributed by atoms with Crippen LogP contribution in [0.15, 0.2) is 48.5 Å². The van der Waals surface area contributed by atoms with Crippen molar-refractivity contribution >= 4 is 15.7 Å². The van der Waals surface area contributed by atoms with Crippen LogP contribution in [0.5, 0.6) is 5.75 Å². The van der Waals surface area contributed by atoms with E-state index >= 15 is 0 Å². The standard InChI is InChI=1S/C19H20FNO4S/c1-25-18-8-2-14(3-9-18)12-21(17-10-11-26(23,24)13-17)19(22)15-4-6-16(20)7-5-15/h2-9,17H,10-13H2,1H3. The molecular formula is C19H20FNO4S. The van der Waals surface area contributed by atoms with Gasteiger partial charge in [0.2, 0.25) is 0 Å². The summed E-state index contributed by atoms with van der Waals surface area (Å²) in [5.41, 5.74) is 1.20. The zero-order valence-electron chi connectivity index (χ0n) is 14.4. The number of amides is 1. The molecule has 1 aliphatic rings. The minimum absolute atomic E-state index is 0.0455. The number of halogens is 1. The summed E-state index contributed by atoms with van der Waals surface area (Å²) >= 11 is 0. The van der Waals surface area contributed by atoms with Gasteiger partial charge in [-0.15, -0.1) is 0 Å². The molecule has 1 fully saturated rings. The summed E-state index contributed by atoms with van der Waals surface area (Å²) in [7, 11) is -1.57. The summed E-state index contributed by atoms with van der Waals surface area (Å²) in [5, 5.41) is 0. The van der Waals surface area contributed by atoms with E-state index in [2.05, 4.69) is 0 Å². The number of nitrogens with zero attached hydrogens (tertiary/aromatic N) is 1. The van der Waals surface area contributed by atoms with Gasteiger partial charge in [0.25, 0.3) is 5.91 Å². The normalized spacial score (nSPS) is 18.5. The highest BCUT2D eigenvalue weighted by molar-refractivity contribution is 7.91. The quantitative estimate of drug-likeness (QED) is 0.804. The molecule has 1 atom stereocenters. The highest BCUT2D eigenvalue weighted by Gasteiger charge is 2.35. The van der Waals surface area contributed by atoms with Crippen molar-refractivity contribution in [2.75, 3.05) is 18.6 Å². The monoisotopic (exact) mass is 377 g/mol. The topological polar surface area (TPSA) is 63.7 Å². The Labute approximate surface area is 152 Å². The minimum atomic E-state index is -3.14. The van der Waals surface area contributed by atoms with Crippen molar-refractivity contribution in [1.29, 1.82) is 0 Å². The number of carbonyl (C=O) groups excluding carboxylic acids is 1. The Hall–Kier alpha value is -2.41. The van der Waals surface area contributed by atoms with Crippen molar-refractivity contribution in [2.24, 2.45) is 0 Å². The summed E-state index contributed by atoms with van der Waals surface area (Å²) in [6.45, 7) is 0.278. The number of ether oxygens (including phenoxy) is 1. The molecule has 26 heavy (non-hydrogen) atoms. The Bertz CT molecular complexity index is 879. The van der Waals surface area contributed by atoms with Crippen molar-refractivity contribution in [3.8, 4) is 5.75 Å². The average molecular weight is 377 g/mol. The molecule has 0 N–H and O–H groups in total. The smallest absolute Gasteiger partial charge is 0.254 e. The molecule has 1 heterocycles. The van der Waals surface area contributed by atoms with Gasteiger partial charge in [-0.25, -0.2) is 12.8 Å². The van der Waals surface area contributed by atoms with E-state index in [4.69, 9.17) is 4.74 Å². The van der Waals surface area contributed by atoms with Gasteiger partial charge >= 0.3 is 0 Å². The van der Waals surface area contributed by atoms with E-state index in [9.17, 15) is 17.6 Å². The fourth-order valence-corrected chi connectivity index (χ4v) is 4.80. The predicted octanol–water partition coefficient (Wildman–Crippen LogP) is 2.66. The molecule has 7 heteroatoms. The van der Waals surface area contributed by atoms with Gasteiger partial charge in [0.1, 0.15) is 11.6 Å². The summed E-state index contributed by atoms with van der Waals surface area (Å²) in [5.74, 6) is 0.00652. The lowest BCUT2D eigenvalue weighted by molar-refractivity contribution is 0.0681. The Morgan fingerprint density at radius 1 is 1.15 bits per heavy atom. The van der Waals surface area contributed by atoms with Crippen LogP contribution in [0.2, 0.25) is 0 Å². The largest absolute Gasteiger partial charge is 0.497 e. The van der Waals surface area contributed by atoms with Crippen LogP contribution in [-0.2, 0) is 16.4 Å². The molecule has 2 aromatic rings. The van der Waals surface area contributed by atoms with E-state index in [1.807, 2.05) is 12.1 Å². The lowest BCUT2D eigenvalue weighted by Gasteiger charge is -2.28. The van der Waals surface area contributed by atoms with Gasteiger partial charge in [-0.1, -0.05) is 12.1 Å². The first-order valence-corrected chi connectivity index (χ1v) is 10.1. The summed E-state index contributed by atoms with van der Waals surface area (Å²) in [4.78, 5) is 14.5. The van der Waals surface area contributed by atoms with Gasteiger partial charge in [-0.3, -0.25) is 4.79 Å². The molecule has 2 aromatic carbocycles. The number of rotatable bonds is 5. The molecule has 0 bridgehead atoms. The number of sulfone groups is 1. The number of hydrogen-bond donors (Lipinski definition) is 0. The van der Waals surface area contributed by atoms with Gasteiger partial charge in [0.05, 0.1) is 18.6 Å². The predicted molar refractivity (Wildman–Crippen MR) is 96.3 cm³/mol.